The summed E-state index contributed by atoms with van der Waals surface area (Å²) in [4.78, 5) is 3.64. The Bertz CT molecular complexity index is 286. The van der Waals surface area contributed by atoms with E-state index < -0.39 is 0 Å². The molecule has 3 N–H and O–H groups in total. The molecule has 0 fully saturated rings. The molecule has 0 bridgehead atoms. The summed E-state index contributed by atoms with van der Waals surface area (Å²) in [5, 5.41) is 2.89. The summed E-state index contributed by atoms with van der Waals surface area (Å²) in [6, 6.07) is 1.59. The molecule has 0 aliphatic heterocycles. The third-order valence-corrected chi connectivity index (χ3v) is 1.49. The van der Waals surface area contributed by atoms with E-state index >= 15 is 0 Å². The van der Waals surface area contributed by atoms with Gasteiger partial charge in [0.25, 0.3) is 0 Å². The number of pyridine rings is 1. The van der Waals surface area contributed by atoms with Crippen LogP contribution in [0.15, 0.2) is 30.6 Å². The lowest BCUT2D eigenvalue weighted by Crippen LogP contribution is -2.02. The highest BCUT2D eigenvalue weighted by molar-refractivity contribution is 5.43. The monoisotopic (exact) mass is 181 g/mol. The normalized spacial score (nSPS) is 10.6. The number of nitrogens with two attached hydrogens (primary N) is 1. The molecule has 0 aliphatic carbocycles. The Kier molecular flexibility index (Phi) is 3.92. The highest BCUT2D eigenvalue weighted by atomic mass is 19.1. The Morgan fingerprint density at radius 3 is 3.08 bits per heavy atom. The maximum absolute atomic E-state index is 12.9. The number of hydrogen-bond donors (Lipinski definition) is 2. The summed E-state index contributed by atoms with van der Waals surface area (Å²) in [6.45, 7) is 1.07. The van der Waals surface area contributed by atoms with Crippen molar-refractivity contribution in [2.75, 3.05) is 18.4 Å². The van der Waals surface area contributed by atoms with E-state index in [4.69, 9.17) is 5.73 Å². The van der Waals surface area contributed by atoms with Crippen molar-refractivity contribution < 1.29 is 4.39 Å². The van der Waals surface area contributed by atoms with Crippen molar-refractivity contribution in [3.63, 3.8) is 0 Å². The Balaban J connectivity index is 2.45. The van der Waals surface area contributed by atoms with E-state index in [0.717, 1.165) is 0 Å². The van der Waals surface area contributed by atoms with Crippen molar-refractivity contribution in [1.82, 2.24) is 4.98 Å². The maximum Gasteiger partial charge on any atom is 0.164 e. The molecule has 0 atom stereocenters. The summed E-state index contributed by atoms with van der Waals surface area (Å²) in [5.41, 5.74) is 5.69. The van der Waals surface area contributed by atoms with Crippen LogP contribution < -0.4 is 11.1 Å². The molecular formula is C9H12FN3. The molecule has 0 saturated carbocycles. The van der Waals surface area contributed by atoms with E-state index in [9.17, 15) is 4.39 Å². The SMILES string of the molecule is NC/C=C/CNc1ccncc1F. The van der Waals surface area contributed by atoms with Gasteiger partial charge in [-0.05, 0) is 6.07 Å². The third kappa shape index (κ3) is 3.21. The largest absolute Gasteiger partial charge is 0.379 e. The van der Waals surface area contributed by atoms with E-state index in [0.29, 0.717) is 18.8 Å². The Hall–Kier alpha value is -1.42. The van der Waals surface area contributed by atoms with Gasteiger partial charge in [-0.25, -0.2) is 4.39 Å². The fraction of sp³-hybridized carbons (Fsp3) is 0.222. The predicted octanol–water partition coefficient (Wildman–Crippen LogP) is 1.15. The maximum atomic E-state index is 12.9. The van der Waals surface area contributed by atoms with Gasteiger partial charge in [0.2, 0.25) is 0 Å². The fourth-order valence-electron chi connectivity index (χ4n) is 0.867. The second-order valence-electron chi connectivity index (χ2n) is 2.44. The second-order valence-corrected chi connectivity index (χ2v) is 2.44. The number of hydrogen-bond acceptors (Lipinski definition) is 3. The van der Waals surface area contributed by atoms with Crippen molar-refractivity contribution in [1.29, 1.82) is 0 Å². The quantitative estimate of drug-likeness (QED) is 0.685. The number of nitrogens with one attached hydrogen (secondary N) is 1. The van der Waals surface area contributed by atoms with Gasteiger partial charge in [-0.2, -0.15) is 0 Å². The molecule has 4 heteroatoms. The average molecular weight is 181 g/mol. The van der Waals surface area contributed by atoms with Crippen molar-refractivity contribution in [3.05, 3.63) is 36.4 Å². The van der Waals surface area contributed by atoms with E-state index in [1.165, 1.54) is 12.4 Å². The van der Waals surface area contributed by atoms with Crippen LogP contribution in [0.2, 0.25) is 0 Å². The molecule has 1 aromatic rings. The molecule has 13 heavy (non-hydrogen) atoms. The summed E-state index contributed by atoms with van der Waals surface area (Å²) in [5.74, 6) is -0.344. The summed E-state index contributed by atoms with van der Waals surface area (Å²) < 4.78 is 12.9. The number of nitrogens with zero attached hydrogens (tertiary/aromatic N) is 1. The molecular weight excluding hydrogens is 169 g/mol. The molecule has 0 aromatic carbocycles. The summed E-state index contributed by atoms with van der Waals surface area (Å²) >= 11 is 0. The molecule has 1 heterocycles. The van der Waals surface area contributed by atoms with Crippen LogP contribution in [-0.2, 0) is 0 Å². The van der Waals surface area contributed by atoms with Crippen molar-refractivity contribution >= 4 is 5.69 Å². The van der Waals surface area contributed by atoms with Gasteiger partial charge in [0.05, 0.1) is 11.9 Å². The van der Waals surface area contributed by atoms with E-state index in [2.05, 4.69) is 10.3 Å². The van der Waals surface area contributed by atoms with Gasteiger partial charge < -0.3 is 11.1 Å². The Labute approximate surface area is 76.5 Å². The van der Waals surface area contributed by atoms with Crippen LogP contribution in [0.25, 0.3) is 0 Å². The van der Waals surface area contributed by atoms with E-state index in [1.54, 1.807) is 6.07 Å². The van der Waals surface area contributed by atoms with Crippen LogP contribution in [0.1, 0.15) is 0 Å². The molecule has 1 aromatic heterocycles. The van der Waals surface area contributed by atoms with Crippen LogP contribution >= 0.6 is 0 Å². The van der Waals surface area contributed by atoms with Gasteiger partial charge in [-0.1, -0.05) is 12.2 Å². The molecule has 0 radical (unpaired) electrons. The van der Waals surface area contributed by atoms with Gasteiger partial charge in [-0.15, -0.1) is 0 Å². The first-order valence-electron chi connectivity index (χ1n) is 4.03. The molecule has 0 unspecified atom stereocenters. The molecule has 70 valence electrons. The highest BCUT2D eigenvalue weighted by Gasteiger charge is 1.97. The van der Waals surface area contributed by atoms with Crippen LogP contribution in [0.4, 0.5) is 10.1 Å². The lowest BCUT2D eigenvalue weighted by Gasteiger charge is -2.02. The zero-order valence-electron chi connectivity index (χ0n) is 7.20. The van der Waals surface area contributed by atoms with Crippen LogP contribution in [0, 0.1) is 5.82 Å². The molecule has 0 aliphatic rings. The van der Waals surface area contributed by atoms with Gasteiger partial charge in [-0.3, -0.25) is 4.98 Å². The lowest BCUT2D eigenvalue weighted by molar-refractivity contribution is 0.624. The standard InChI is InChI=1S/C9H12FN3/c10-8-7-12-6-3-9(8)13-5-2-1-4-11/h1-3,6-7H,4-5,11H2,(H,12,13)/b2-1+. The predicted molar refractivity (Wildman–Crippen MR) is 50.9 cm³/mol. The molecule has 3 nitrogen and oxygen atoms in total. The van der Waals surface area contributed by atoms with Gasteiger partial charge in [0, 0.05) is 19.3 Å². The van der Waals surface area contributed by atoms with Gasteiger partial charge >= 0.3 is 0 Å². The van der Waals surface area contributed by atoms with Crippen molar-refractivity contribution in [3.8, 4) is 0 Å². The topological polar surface area (TPSA) is 50.9 Å². The van der Waals surface area contributed by atoms with E-state index in [-0.39, 0.29) is 5.82 Å². The zero-order valence-corrected chi connectivity index (χ0v) is 7.20. The van der Waals surface area contributed by atoms with E-state index in [1.807, 2.05) is 12.2 Å². The number of rotatable bonds is 4. The minimum Gasteiger partial charge on any atom is -0.379 e. The molecule has 0 saturated heterocycles. The van der Waals surface area contributed by atoms with Crippen molar-refractivity contribution in [2.45, 2.75) is 0 Å². The number of anilines is 1. The van der Waals surface area contributed by atoms with Gasteiger partial charge in [0.15, 0.2) is 5.82 Å². The fourth-order valence-corrected chi connectivity index (χ4v) is 0.867. The first kappa shape index (κ1) is 9.67. The summed E-state index contributed by atoms with van der Waals surface area (Å²) in [7, 11) is 0. The van der Waals surface area contributed by atoms with Crippen molar-refractivity contribution in [2.24, 2.45) is 5.73 Å². The summed E-state index contributed by atoms with van der Waals surface area (Å²) in [6.07, 6.45) is 6.37. The minimum atomic E-state index is -0.344. The number of aromatic nitrogens is 1. The highest BCUT2D eigenvalue weighted by Crippen LogP contribution is 2.09. The first-order valence-corrected chi connectivity index (χ1v) is 4.03. The minimum absolute atomic E-state index is 0.344. The molecule has 0 amide bonds. The van der Waals surface area contributed by atoms with Crippen LogP contribution in [-0.4, -0.2) is 18.1 Å². The average Bonchev–Trinajstić information content (AvgIpc) is 2.15. The lowest BCUT2D eigenvalue weighted by atomic mass is 10.4. The molecule has 0 spiro atoms. The third-order valence-electron chi connectivity index (χ3n) is 1.49. The Morgan fingerprint density at radius 2 is 2.38 bits per heavy atom. The number of halogens is 1. The first-order chi connectivity index (χ1) is 6.34. The zero-order chi connectivity index (χ0) is 9.52. The smallest absolute Gasteiger partial charge is 0.164 e. The Morgan fingerprint density at radius 1 is 1.54 bits per heavy atom. The van der Waals surface area contributed by atoms with Crippen LogP contribution in [0.3, 0.4) is 0 Å². The van der Waals surface area contributed by atoms with Crippen LogP contribution in [0.5, 0.6) is 0 Å². The molecule has 1 rings (SSSR count). The van der Waals surface area contributed by atoms with Gasteiger partial charge in [0.1, 0.15) is 0 Å². The second kappa shape index (κ2) is 5.27.